The number of hydrogen-bond donors (Lipinski definition) is 3. The Labute approximate surface area is 163 Å². The van der Waals surface area contributed by atoms with Crippen molar-refractivity contribution in [1.82, 2.24) is 5.32 Å². The lowest BCUT2D eigenvalue weighted by Crippen LogP contribution is -2.40. The fraction of sp³-hybridized carbons (Fsp3) is 0.263. The van der Waals surface area contributed by atoms with Crippen molar-refractivity contribution in [2.24, 2.45) is 0 Å². The molecule has 0 atom stereocenters. The first-order valence-corrected chi connectivity index (χ1v) is 8.81. The van der Waals surface area contributed by atoms with Crippen molar-refractivity contribution < 1.29 is 9.59 Å². The quantitative estimate of drug-likeness (QED) is 0.696. The lowest BCUT2D eigenvalue weighted by molar-refractivity contribution is -0.114. The van der Waals surface area contributed by atoms with Crippen molar-refractivity contribution in [3.63, 3.8) is 0 Å². The monoisotopic (exact) mass is 393 g/mol. The van der Waals surface area contributed by atoms with Crippen LogP contribution in [-0.2, 0) is 4.79 Å². The average Bonchev–Trinajstić information content (AvgIpc) is 2.56. The largest absolute Gasteiger partial charge is 0.376 e. The smallest absolute Gasteiger partial charge is 0.251 e. The molecule has 2 amide bonds. The van der Waals surface area contributed by atoms with Gasteiger partial charge in [-0.05, 0) is 57.2 Å². The van der Waals surface area contributed by atoms with Gasteiger partial charge in [-0.2, -0.15) is 0 Å². The predicted molar refractivity (Wildman–Crippen MR) is 107 cm³/mol. The van der Waals surface area contributed by atoms with Crippen LogP contribution >= 0.6 is 23.2 Å². The van der Waals surface area contributed by atoms with Gasteiger partial charge in [-0.25, -0.2) is 0 Å². The van der Waals surface area contributed by atoms with Gasteiger partial charge >= 0.3 is 0 Å². The first-order valence-electron chi connectivity index (χ1n) is 8.06. The number of carbonyl (C=O) groups is 2. The standard InChI is InChI=1S/C19H21Cl2N3O2/c1-19(2,3)24-18(26)12-7-9-13(10-8-12)22-11-16(25)23-15-6-4-5-14(20)17(15)21/h4-10,22H,11H2,1-3H3,(H,23,25)(H,24,26). The highest BCUT2D eigenvalue weighted by molar-refractivity contribution is 6.44. The Balaban J connectivity index is 1.90. The number of benzene rings is 2. The summed E-state index contributed by atoms with van der Waals surface area (Å²) in [6.45, 7) is 5.82. The lowest BCUT2D eigenvalue weighted by Gasteiger charge is -2.20. The maximum atomic E-state index is 12.1. The molecule has 0 bridgehead atoms. The summed E-state index contributed by atoms with van der Waals surface area (Å²) < 4.78 is 0. The van der Waals surface area contributed by atoms with E-state index in [-0.39, 0.29) is 23.9 Å². The zero-order chi connectivity index (χ0) is 19.3. The molecular formula is C19H21Cl2N3O2. The summed E-state index contributed by atoms with van der Waals surface area (Å²) in [6, 6.07) is 11.9. The van der Waals surface area contributed by atoms with Crippen LogP contribution in [0.5, 0.6) is 0 Å². The highest BCUT2D eigenvalue weighted by Gasteiger charge is 2.15. The van der Waals surface area contributed by atoms with E-state index in [2.05, 4.69) is 16.0 Å². The third-order valence-electron chi connectivity index (χ3n) is 3.31. The van der Waals surface area contributed by atoms with Crippen LogP contribution in [0.3, 0.4) is 0 Å². The summed E-state index contributed by atoms with van der Waals surface area (Å²) >= 11 is 12.0. The van der Waals surface area contributed by atoms with Crippen molar-refractivity contribution in [3.8, 4) is 0 Å². The van der Waals surface area contributed by atoms with Gasteiger partial charge < -0.3 is 16.0 Å². The second-order valence-corrected chi connectivity index (χ2v) is 7.57. The molecule has 7 heteroatoms. The van der Waals surface area contributed by atoms with Crippen molar-refractivity contribution in [1.29, 1.82) is 0 Å². The normalized spacial score (nSPS) is 11.0. The van der Waals surface area contributed by atoms with E-state index in [0.717, 1.165) is 5.69 Å². The summed E-state index contributed by atoms with van der Waals surface area (Å²) in [5.74, 6) is -0.402. The fourth-order valence-electron chi connectivity index (χ4n) is 2.13. The zero-order valence-electron chi connectivity index (χ0n) is 14.8. The molecule has 0 aliphatic heterocycles. The first-order chi connectivity index (χ1) is 12.2. The molecule has 2 aromatic carbocycles. The molecule has 0 saturated carbocycles. The van der Waals surface area contributed by atoms with Crippen molar-refractivity contribution >= 4 is 46.4 Å². The second-order valence-electron chi connectivity index (χ2n) is 6.78. The van der Waals surface area contributed by atoms with Crippen LogP contribution in [0.15, 0.2) is 42.5 Å². The minimum absolute atomic E-state index is 0.0520. The number of rotatable bonds is 5. The van der Waals surface area contributed by atoms with Gasteiger partial charge in [0.1, 0.15) is 0 Å². The van der Waals surface area contributed by atoms with Crippen LogP contribution in [0.25, 0.3) is 0 Å². The van der Waals surface area contributed by atoms with E-state index in [9.17, 15) is 9.59 Å². The van der Waals surface area contributed by atoms with Gasteiger partial charge in [0.15, 0.2) is 0 Å². The van der Waals surface area contributed by atoms with E-state index in [4.69, 9.17) is 23.2 Å². The summed E-state index contributed by atoms with van der Waals surface area (Å²) in [7, 11) is 0. The summed E-state index contributed by atoms with van der Waals surface area (Å²) in [4.78, 5) is 24.1. The van der Waals surface area contributed by atoms with Crippen molar-refractivity contribution in [2.75, 3.05) is 17.2 Å². The number of carbonyl (C=O) groups excluding carboxylic acids is 2. The molecule has 0 aromatic heterocycles. The van der Waals surface area contributed by atoms with Crippen molar-refractivity contribution in [3.05, 3.63) is 58.1 Å². The number of amides is 2. The van der Waals surface area contributed by atoms with Gasteiger partial charge in [0.25, 0.3) is 5.91 Å². The Hall–Kier alpha value is -2.24. The van der Waals surface area contributed by atoms with Crippen molar-refractivity contribution in [2.45, 2.75) is 26.3 Å². The van der Waals surface area contributed by atoms with Gasteiger partial charge in [0.05, 0.1) is 22.3 Å². The molecule has 0 spiro atoms. The Morgan fingerprint density at radius 3 is 2.27 bits per heavy atom. The highest BCUT2D eigenvalue weighted by Crippen LogP contribution is 2.29. The topological polar surface area (TPSA) is 70.2 Å². The molecule has 0 radical (unpaired) electrons. The van der Waals surface area contributed by atoms with E-state index in [1.165, 1.54) is 0 Å². The highest BCUT2D eigenvalue weighted by atomic mass is 35.5. The third kappa shape index (κ3) is 5.93. The summed E-state index contributed by atoms with van der Waals surface area (Å²) in [5.41, 5.74) is 1.44. The molecule has 5 nitrogen and oxygen atoms in total. The van der Waals surface area contributed by atoms with Crippen LogP contribution in [-0.4, -0.2) is 23.9 Å². The molecular weight excluding hydrogens is 373 g/mol. The van der Waals surface area contributed by atoms with Crippen LogP contribution < -0.4 is 16.0 Å². The van der Waals surface area contributed by atoms with Gasteiger partial charge in [-0.3, -0.25) is 9.59 Å². The Kier molecular flexibility index (Phi) is 6.51. The second kappa shape index (κ2) is 8.43. The van der Waals surface area contributed by atoms with Gasteiger partial charge in [0.2, 0.25) is 5.91 Å². The maximum Gasteiger partial charge on any atom is 0.251 e. The lowest BCUT2D eigenvalue weighted by atomic mass is 10.1. The molecule has 0 aliphatic rings. The van der Waals surface area contributed by atoms with E-state index in [1.54, 1.807) is 42.5 Å². The number of halogens is 2. The van der Waals surface area contributed by atoms with Gasteiger partial charge in [-0.15, -0.1) is 0 Å². The maximum absolute atomic E-state index is 12.1. The Bertz CT molecular complexity index is 799. The average molecular weight is 394 g/mol. The number of anilines is 2. The van der Waals surface area contributed by atoms with E-state index in [1.807, 2.05) is 20.8 Å². The molecule has 0 fully saturated rings. The van der Waals surface area contributed by atoms with Crippen LogP contribution in [0.2, 0.25) is 10.0 Å². The van der Waals surface area contributed by atoms with Crippen LogP contribution in [0.4, 0.5) is 11.4 Å². The van der Waals surface area contributed by atoms with Crippen LogP contribution in [0.1, 0.15) is 31.1 Å². The third-order valence-corrected chi connectivity index (χ3v) is 4.13. The molecule has 138 valence electrons. The molecule has 2 aromatic rings. The molecule has 0 aliphatic carbocycles. The van der Waals surface area contributed by atoms with Gasteiger partial charge in [0, 0.05) is 16.8 Å². The van der Waals surface area contributed by atoms with E-state index >= 15 is 0 Å². The molecule has 2 rings (SSSR count). The minimum Gasteiger partial charge on any atom is -0.376 e. The van der Waals surface area contributed by atoms with E-state index < -0.39 is 0 Å². The minimum atomic E-state index is -0.298. The Morgan fingerprint density at radius 1 is 1.00 bits per heavy atom. The summed E-state index contributed by atoms with van der Waals surface area (Å²) in [6.07, 6.45) is 0. The first kappa shape index (κ1) is 20.1. The fourth-order valence-corrected chi connectivity index (χ4v) is 2.48. The SMILES string of the molecule is CC(C)(C)NC(=O)c1ccc(NCC(=O)Nc2cccc(Cl)c2Cl)cc1. The Morgan fingerprint density at radius 2 is 1.65 bits per heavy atom. The van der Waals surface area contributed by atoms with Crippen LogP contribution in [0, 0.1) is 0 Å². The molecule has 0 unspecified atom stereocenters. The summed E-state index contributed by atoms with van der Waals surface area (Å²) in [5, 5.41) is 9.26. The number of hydrogen-bond acceptors (Lipinski definition) is 3. The van der Waals surface area contributed by atoms with E-state index in [0.29, 0.717) is 21.3 Å². The molecule has 3 N–H and O–H groups in total. The number of nitrogens with one attached hydrogen (secondary N) is 3. The zero-order valence-corrected chi connectivity index (χ0v) is 16.3. The molecule has 26 heavy (non-hydrogen) atoms. The van der Waals surface area contributed by atoms with Gasteiger partial charge in [-0.1, -0.05) is 29.3 Å². The molecule has 0 saturated heterocycles. The molecule has 0 heterocycles. The predicted octanol–water partition coefficient (Wildman–Crippen LogP) is 4.57.